The molecular weight excluding hydrogens is 184 g/mol. The van der Waals surface area contributed by atoms with E-state index in [4.69, 9.17) is 11.5 Å². The maximum absolute atomic E-state index is 10.5. The maximum Gasteiger partial charge on any atom is 0.290 e. The first-order chi connectivity index (χ1) is 6.56. The third kappa shape index (κ3) is 2.04. The van der Waals surface area contributed by atoms with E-state index in [-0.39, 0.29) is 18.3 Å². The van der Waals surface area contributed by atoms with Crippen molar-refractivity contribution >= 4 is 5.69 Å². The predicted molar refractivity (Wildman–Crippen MR) is 51.6 cm³/mol. The van der Waals surface area contributed by atoms with Gasteiger partial charge in [0, 0.05) is 12.1 Å². The molecule has 0 aromatic carbocycles. The Labute approximate surface area is 81.1 Å². The highest BCUT2D eigenvalue weighted by molar-refractivity contribution is 5.38. The molecule has 1 unspecified atom stereocenters. The monoisotopic (exact) mass is 196 g/mol. The molecule has 1 aromatic rings. The Kier molecular flexibility index (Phi) is 3.10. The lowest BCUT2D eigenvalue weighted by Gasteiger charge is -2.08. The summed E-state index contributed by atoms with van der Waals surface area (Å²) < 4.78 is 0. The molecule has 0 saturated heterocycles. The van der Waals surface area contributed by atoms with Gasteiger partial charge >= 0.3 is 0 Å². The Hall–Kier alpha value is -1.53. The van der Waals surface area contributed by atoms with Crippen molar-refractivity contribution in [2.75, 3.05) is 6.54 Å². The third-order valence-corrected chi connectivity index (χ3v) is 1.93. The zero-order valence-electron chi connectivity index (χ0n) is 7.80. The fourth-order valence-electron chi connectivity index (χ4n) is 1.09. The van der Waals surface area contributed by atoms with E-state index in [9.17, 15) is 10.1 Å². The van der Waals surface area contributed by atoms with Crippen molar-refractivity contribution in [3.63, 3.8) is 0 Å². The van der Waals surface area contributed by atoms with Crippen LogP contribution in [0, 0.1) is 17.0 Å². The van der Waals surface area contributed by atoms with E-state index in [1.54, 1.807) is 13.0 Å². The van der Waals surface area contributed by atoms with Gasteiger partial charge in [-0.15, -0.1) is 0 Å². The first kappa shape index (κ1) is 10.6. The van der Waals surface area contributed by atoms with Gasteiger partial charge in [-0.25, -0.2) is 0 Å². The van der Waals surface area contributed by atoms with Gasteiger partial charge in [0.25, 0.3) is 5.69 Å². The smallest absolute Gasteiger partial charge is 0.290 e. The second-order valence-corrected chi connectivity index (χ2v) is 2.99. The molecule has 76 valence electrons. The molecule has 1 aromatic heterocycles. The number of rotatable bonds is 3. The van der Waals surface area contributed by atoms with Crippen LogP contribution in [0.25, 0.3) is 0 Å². The van der Waals surface area contributed by atoms with Crippen molar-refractivity contribution in [1.82, 2.24) is 4.98 Å². The van der Waals surface area contributed by atoms with E-state index < -0.39 is 4.92 Å². The molecular formula is C8H12N4O2. The lowest BCUT2D eigenvalue weighted by molar-refractivity contribution is -0.385. The van der Waals surface area contributed by atoms with Gasteiger partial charge in [0.15, 0.2) is 0 Å². The lowest BCUT2D eigenvalue weighted by Crippen LogP contribution is -2.22. The highest BCUT2D eigenvalue weighted by Gasteiger charge is 2.13. The maximum atomic E-state index is 10.5. The van der Waals surface area contributed by atoms with Crippen LogP contribution in [-0.4, -0.2) is 16.5 Å². The molecule has 4 N–H and O–H groups in total. The van der Waals surface area contributed by atoms with Crippen molar-refractivity contribution < 1.29 is 4.92 Å². The zero-order chi connectivity index (χ0) is 10.7. The van der Waals surface area contributed by atoms with Crippen molar-refractivity contribution in [1.29, 1.82) is 0 Å². The van der Waals surface area contributed by atoms with Crippen molar-refractivity contribution in [2.24, 2.45) is 11.5 Å². The molecule has 0 amide bonds. The Balaban J connectivity index is 3.06. The molecule has 1 atom stereocenters. The summed E-state index contributed by atoms with van der Waals surface area (Å²) in [4.78, 5) is 13.9. The molecule has 0 aliphatic carbocycles. The SMILES string of the molecule is Cc1cc(C(N)CN)ncc1[N+](=O)[O-]. The molecule has 6 heteroatoms. The first-order valence-corrected chi connectivity index (χ1v) is 4.13. The van der Waals surface area contributed by atoms with Gasteiger partial charge in [-0.2, -0.15) is 0 Å². The number of pyridine rings is 1. The number of nitro groups is 1. The molecule has 0 saturated carbocycles. The Bertz CT molecular complexity index is 353. The molecule has 0 aliphatic rings. The zero-order valence-corrected chi connectivity index (χ0v) is 7.80. The topological polar surface area (TPSA) is 108 Å². The summed E-state index contributed by atoms with van der Waals surface area (Å²) in [6, 6.07) is 1.23. The third-order valence-electron chi connectivity index (χ3n) is 1.93. The minimum atomic E-state index is -0.472. The normalized spacial score (nSPS) is 12.5. The quantitative estimate of drug-likeness (QED) is 0.532. The van der Waals surface area contributed by atoms with Crippen LogP contribution in [0.3, 0.4) is 0 Å². The van der Waals surface area contributed by atoms with Crippen LogP contribution in [0.1, 0.15) is 17.3 Å². The number of hydrogen-bond donors (Lipinski definition) is 2. The average molecular weight is 196 g/mol. The molecule has 1 rings (SSSR count). The molecule has 0 radical (unpaired) electrons. The van der Waals surface area contributed by atoms with Gasteiger partial charge in [-0.05, 0) is 13.0 Å². The molecule has 6 nitrogen and oxygen atoms in total. The van der Waals surface area contributed by atoms with Gasteiger partial charge in [-0.3, -0.25) is 15.1 Å². The fraction of sp³-hybridized carbons (Fsp3) is 0.375. The van der Waals surface area contributed by atoms with Gasteiger partial charge in [-0.1, -0.05) is 0 Å². The highest BCUT2D eigenvalue weighted by atomic mass is 16.6. The molecule has 1 heterocycles. The summed E-state index contributed by atoms with van der Waals surface area (Å²) >= 11 is 0. The number of aryl methyl sites for hydroxylation is 1. The molecule has 14 heavy (non-hydrogen) atoms. The molecule has 0 aliphatic heterocycles. The Morgan fingerprint density at radius 1 is 1.71 bits per heavy atom. The second kappa shape index (κ2) is 4.12. The minimum absolute atomic E-state index is 0.00188. The van der Waals surface area contributed by atoms with Crippen LogP contribution in [0.2, 0.25) is 0 Å². The summed E-state index contributed by atoms with van der Waals surface area (Å²) in [5.74, 6) is 0. The van der Waals surface area contributed by atoms with E-state index in [1.165, 1.54) is 6.20 Å². The fourth-order valence-corrected chi connectivity index (χ4v) is 1.09. The summed E-state index contributed by atoms with van der Waals surface area (Å²) in [6.07, 6.45) is 1.21. The van der Waals surface area contributed by atoms with E-state index in [0.717, 1.165) is 0 Å². The summed E-state index contributed by atoms with van der Waals surface area (Å²) in [6.45, 7) is 1.91. The Morgan fingerprint density at radius 3 is 2.79 bits per heavy atom. The number of nitrogens with zero attached hydrogens (tertiary/aromatic N) is 2. The van der Waals surface area contributed by atoms with Crippen LogP contribution >= 0.6 is 0 Å². The van der Waals surface area contributed by atoms with Gasteiger partial charge in [0.05, 0.1) is 16.7 Å². The van der Waals surface area contributed by atoms with Crippen LogP contribution in [-0.2, 0) is 0 Å². The van der Waals surface area contributed by atoms with E-state index in [1.807, 2.05) is 0 Å². The van der Waals surface area contributed by atoms with E-state index >= 15 is 0 Å². The second-order valence-electron chi connectivity index (χ2n) is 2.99. The highest BCUT2D eigenvalue weighted by Crippen LogP contribution is 2.18. The van der Waals surface area contributed by atoms with Crippen LogP contribution in [0.15, 0.2) is 12.3 Å². The molecule has 0 spiro atoms. The van der Waals surface area contributed by atoms with Gasteiger partial charge in [0.2, 0.25) is 0 Å². The standard InChI is InChI=1S/C8H12N4O2/c1-5-2-7(6(10)3-9)11-4-8(5)12(13)14/h2,4,6H,3,9-10H2,1H3. The number of hydrogen-bond acceptors (Lipinski definition) is 5. The van der Waals surface area contributed by atoms with Crippen LogP contribution < -0.4 is 11.5 Å². The largest absolute Gasteiger partial charge is 0.329 e. The number of aromatic nitrogens is 1. The summed E-state index contributed by atoms with van der Waals surface area (Å²) in [7, 11) is 0. The summed E-state index contributed by atoms with van der Waals surface area (Å²) in [5.41, 5.74) is 12.1. The van der Waals surface area contributed by atoms with Crippen molar-refractivity contribution in [2.45, 2.75) is 13.0 Å². The van der Waals surface area contributed by atoms with Crippen molar-refractivity contribution in [3.8, 4) is 0 Å². The van der Waals surface area contributed by atoms with E-state index in [0.29, 0.717) is 11.3 Å². The van der Waals surface area contributed by atoms with Gasteiger partial charge in [0.1, 0.15) is 6.20 Å². The van der Waals surface area contributed by atoms with Gasteiger partial charge < -0.3 is 11.5 Å². The number of nitrogens with two attached hydrogens (primary N) is 2. The summed E-state index contributed by atoms with van der Waals surface area (Å²) in [5, 5.41) is 10.5. The van der Waals surface area contributed by atoms with Crippen LogP contribution in [0.5, 0.6) is 0 Å². The average Bonchev–Trinajstić information content (AvgIpc) is 2.15. The Morgan fingerprint density at radius 2 is 2.36 bits per heavy atom. The molecule has 0 fully saturated rings. The molecule has 0 bridgehead atoms. The predicted octanol–water partition coefficient (Wildman–Crippen LogP) is 0.257. The lowest BCUT2D eigenvalue weighted by atomic mass is 10.1. The first-order valence-electron chi connectivity index (χ1n) is 4.13. The van der Waals surface area contributed by atoms with Crippen molar-refractivity contribution in [3.05, 3.63) is 33.6 Å². The minimum Gasteiger partial charge on any atom is -0.329 e. The van der Waals surface area contributed by atoms with Crippen LogP contribution in [0.4, 0.5) is 5.69 Å². The van der Waals surface area contributed by atoms with E-state index in [2.05, 4.69) is 4.98 Å².